The highest BCUT2D eigenvalue weighted by Crippen LogP contribution is 2.23. The number of rotatable bonds is 7. The molecule has 6 heteroatoms. The molecule has 0 saturated heterocycles. The second-order valence-electron chi connectivity index (χ2n) is 6.57. The van der Waals surface area contributed by atoms with Gasteiger partial charge in [0.1, 0.15) is 5.15 Å². The molecule has 1 aromatic heterocycles. The van der Waals surface area contributed by atoms with E-state index in [2.05, 4.69) is 29.2 Å². The van der Waals surface area contributed by atoms with Gasteiger partial charge in [-0.2, -0.15) is 5.10 Å². The number of halogens is 1. The highest BCUT2D eigenvalue weighted by molar-refractivity contribution is 6.33. The third-order valence-corrected chi connectivity index (χ3v) is 5.11. The zero-order chi connectivity index (χ0) is 20.1. The molecule has 0 bridgehead atoms. The van der Waals surface area contributed by atoms with Crippen LogP contribution in [0.15, 0.2) is 54.6 Å². The molecule has 0 atom stereocenters. The molecule has 3 rings (SSSR count). The minimum atomic E-state index is -0.252. The molecule has 0 spiro atoms. The average molecular weight is 397 g/mol. The highest BCUT2D eigenvalue weighted by Gasteiger charge is 2.20. The van der Waals surface area contributed by atoms with E-state index in [0.717, 1.165) is 30.0 Å². The van der Waals surface area contributed by atoms with Gasteiger partial charge in [0.2, 0.25) is 0 Å². The summed E-state index contributed by atoms with van der Waals surface area (Å²) in [5.74, 6) is -0.252. The molecule has 0 saturated carbocycles. The maximum absolute atomic E-state index is 12.8. The summed E-state index contributed by atoms with van der Waals surface area (Å²) in [5, 5.41) is 7.71. The average Bonchev–Trinajstić information content (AvgIpc) is 2.98. The standard InChI is InChI=1S/C22H25ClN4O/c1-4-26(5-2)19-13-11-18(12-14-19)24-22(28)20-16(3)25-27(21(20)23)15-17-9-7-6-8-10-17/h6-14H,4-5,15H2,1-3H3,(H,24,28). The Balaban J connectivity index is 1.76. The van der Waals surface area contributed by atoms with Crippen molar-refractivity contribution in [2.75, 3.05) is 23.3 Å². The van der Waals surface area contributed by atoms with Crippen molar-refractivity contribution >= 4 is 28.9 Å². The maximum Gasteiger partial charge on any atom is 0.260 e. The molecule has 0 aliphatic heterocycles. The van der Waals surface area contributed by atoms with Crippen LogP contribution in [0, 0.1) is 6.92 Å². The first-order valence-corrected chi connectivity index (χ1v) is 9.84. The molecule has 0 aliphatic rings. The first-order valence-electron chi connectivity index (χ1n) is 9.46. The van der Waals surface area contributed by atoms with Gasteiger partial charge in [-0.1, -0.05) is 41.9 Å². The lowest BCUT2D eigenvalue weighted by Crippen LogP contribution is -2.21. The van der Waals surface area contributed by atoms with E-state index in [1.807, 2.05) is 54.6 Å². The molecule has 5 nitrogen and oxygen atoms in total. The van der Waals surface area contributed by atoms with Gasteiger partial charge < -0.3 is 10.2 Å². The third kappa shape index (κ3) is 4.37. The Morgan fingerprint density at radius 3 is 2.32 bits per heavy atom. The molecule has 0 fully saturated rings. The lowest BCUT2D eigenvalue weighted by Gasteiger charge is -2.21. The molecular weight excluding hydrogens is 372 g/mol. The second kappa shape index (κ2) is 8.93. The van der Waals surface area contributed by atoms with E-state index in [1.54, 1.807) is 11.6 Å². The van der Waals surface area contributed by atoms with Crippen molar-refractivity contribution in [2.24, 2.45) is 0 Å². The fourth-order valence-corrected chi connectivity index (χ4v) is 3.53. The van der Waals surface area contributed by atoms with Crippen LogP contribution in [0.5, 0.6) is 0 Å². The van der Waals surface area contributed by atoms with Crippen molar-refractivity contribution < 1.29 is 4.79 Å². The molecule has 0 aliphatic carbocycles. The zero-order valence-corrected chi connectivity index (χ0v) is 17.2. The molecule has 2 aromatic carbocycles. The van der Waals surface area contributed by atoms with Crippen LogP contribution in [-0.4, -0.2) is 28.8 Å². The minimum absolute atomic E-state index is 0.252. The minimum Gasteiger partial charge on any atom is -0.372 e. The first kappa shape index (κ1) is 20.0. The van der Waals surface area contributed by atoms with Crippen LogP contribution >= 0.6 is 11.6 Å². The van der Waals surface area contributed by atoms with Gasteiger partial charge in [0.15, 0.2) is 0 Å². The van der Waals surface area contributed by atoms with Crippen molar-refractivity contribution in [1.29, 1.82) is 0 Å². The summed E-state index contributed by atoms with van der Waals surface area (Å²) in [4.78, 5) is 15.0. The van der Waals surface area contributed by atoms with E-state index in [1.165, 1.54) is 0 Å². The summed E-state index contributed by atoms with van der Waals surface area (Å²) in [6.07, 6.45) is 0. The number of aromatic nitrogens is 2. The van der Waals surface area contributed by atoms with Crippen LogP contribution in [0.25, 0.3) is 0 Å². The van der Waals surface area contributed by atoms with Gasteiger partial charge in [-0.05, 0) is 50.6 Å². The number of nitrogens with zero attached hydrogens (tertiary/aromatic N) is 3. The van der Waals surface area contributed by atoms with Crippen molar-refractivity contribution in [3.8, 4) is 0 Å². The Morgan fingerprint density at radius 1 is 1.07 bits per heavy atom. The summed E-state index contributed by atoms with van der Waals surface area (Å²) < 4.78 is 1.66. The number of hydrogen-bond acceptors (Lipinski definition) is 3. The van der Waals surface area contributed by atoms with Gasteiger partial charge in [-0.25, -0.2) is 4.68 Å². The Bertz CT molecular complexity index is 931. The van der Waals surface area contributed by atoms with E-state index < -0.39 is 0 Å². The van der Waals surface area contributed by atoms with Crippen molar-refractivity contribution in [3.63, 3.8) is 0 Å². The Kier molecular flexibility index (Phi) is 6.37. The van der Waals surface area contributed by atoms with Gasteiger partial charge in [0, 0.05) is 24.5 Å². The lowest BCUT2D eigenvalue weighted by molar-refractivity contribution is 0.102. The highest BCUT2D eigenvalue weighted by atomic mass is 35.5. The maximum atomic E-state index is 12.8. The topological polar surface area (TPSA) is 50.2 Å². The number of nitrogens with one attached hydrogen (secondary N) is 1. The molecule has 146 valence electrons. The number of anilines is 2. The van der Waals surface area contributed by atoms with Crippen LogP contribution in [0.4, 0.5) is 11.4 Å². The van der Waals surface area contributed by atoms with E-state index in [-0.39, 0.29) is 5.91 Å². The summed E-state index contributed by atoms with van der Waals surface area (Å²) in [5.41, 5.74) is 3.95. The Morgan fingerprint density at radius 2 is 1.71 bits per heavy atom. The number of carbonyl (C=O) groups is 1. The third-order valence-electron chi connectivity index (χ3n) is 4.72. The predicted molar refractivity (Wildman–Crippen MR) is 115 cm³/mol. The Hall–Kier alpha value is -2.79. The number of carbonyl (C=O) groups excluding carboxylic acids is 1. The molecule has 28 heavy (non-hydrogen) atoms. The van der Waals surface area contributed by atoms with Crippen LogP contribution in [-0.2, 0) is 6.54 Å². The summed E-state index contributed by atoms with van der Waals surface area (Å²) in [7, 11) is 0. The number of benzene rings is 2. The van der Waals surface area contributed by atoms with Crippen molar-refractivity contribution in [3.05, 3.63) is 76.6 Å². The van der Waals surface area contributed by atoms with Crippen molar-refractivity contribution in [1.82, 2.24) is 9.78 Å². The van der Waals surface area contributed by atoms with Gasteiger partial charge >= 0.3 is 0 Å². The van der Waals surface area contributed by atoms with E-state index in [0.29, 0.717) is 23.0 Å². The zero-order valence-electron chi connectivity index (χ0n) is 16.4. The Labute approximate surface area is 170 Å². The SMILES string of the molecule is CCN(CC)c1ccc(NC(=O)c2c(C)nn(Cc3ccccc3)c2Cl)cc1. The van der Waals surface area contributed by atoms with Gasteiger partial charge in [-0.15, -0.1) is 0 Å². The fourth-order valence-electron chi connectivity index (χ4n) is 3.21. The molecule has 3 aromatic rings. The molecule has 0 radical (unpaired) electrons. The van der Waals surface area contributed by atoms with Crippen LogP contribution in [0.3, 0.4) is 0 Å². The first-order chi connectivity index (χ1) is 13.5. The van der Waals surface area contributed by atoms with Gasteiger partial charge in [0.05, 0.1) is 17.8 Å². The summed E-state index contributed by atoms with van der Waals surface area (Å²) in [6.45, 7) is 8.45. The molecule has 1 amide bonds. The molecule has 0 unspecified atom stereocenters. The number of aryl methyl sites for hydroxylation is 1. The predicted octanol–water partition coefficient (Wildman–Crippen LogP) is 4.99. The molecule has 1 heterocycles. The largest absolute Gasteiger partial charge is 0.372 e. The van der Waals surface area contributed by atoms with Gasteiger partial charge in [0.25, 0.3) is 5.91 Å². The lowest BCUT2D eigenvalue weighted by atomic mass is 10.2. The quantitative estimate of drug-likeness (QED) is 0.611. The number of hydrogen-bond donors (Lipinski definition) is 1. The van der Waals surface area contributed by atoms with Crippen LogP contribution in [0.2, 0.25) is 5.15 Å². The summed E-state index contributed by atoms with van der Waals surface area (Å²) in [6, 6.07) is 17.7. The molecule has 1 N–H and O–H groups in total. The second-order valence-corrected chi connectivity index (χ2v) is 6.93. The van der Waals surface area contributed by atoms with E-state index in [4.69, 9.17) is 11.6 Å². The normalized spacial score (nSPS) is 10.7. The number of amides is 1. The fraction of sp³-hybridized carbons (Fsp3) is 0.273. The van der Waals surface area contributed by atoms with E-state index in [9.17, 15) is 4.79 Å². The molecular formula is C22H25ClN4O. The van der Waals surface area contributed by atoms with Gasteiger partial charge in [-0.3, -0.25) is 4.79 Å². The van der Waals surface area contributed by atoms with Crippen LogP contribution < -0.4 is 10.2 Å². The summed E-state index contributed by atoms with van der Waals surface area (Å²) >= 11 is 6.48. The van der Waals surface area contributed by atoms with Crippen molar-refractivity contribution in [2.45, 2.75) is 27.3 Å². The monoisotopic (exact) mass is 396 g/mol. The smallest absolute Gasteiger partial charge is 0.260 e. The van der Waals surface area contributed by atoms with E-state index >= 15 is 0 Å². The van der Waals surface area contributed by atoms with Crippen LogP contribution in [0.1, 0.15) is 35.5 Å².